The molecule has 0 amide bonds. The highest BCUT2D eigenvalue weighted by Crippen LogP contribution is 2.24. The van der Waals surface area contributed by atoms with E-state index in [0.717, 1.165) is 22.5 Å². The molecule has 0 aromatic heterocycles. The van der Waals surface area contributed by atoms with Gasteiger partial charge in [-0.2, -0.15) is 10.2 Å². The fourth-order valence-corrected chi connectivity index (χ4v) is 1.97. The maximum atomic E-state index is 12.9. The molecule has 0 atom stereocenters. The van der Waals surface area contributed by atoms with Gasteiger partial charge in [0.05, 0.1) is 11.4 Å². The minimum Gasteiger partial charge on any atom is -0.207 e. The predicted octanol–water partition coefficient (Wildman–Crippen LogP) is 5.91. The molecule has 0 aliphatic carbocycles. The topological polar surface area (TPSA) is 24.7 Å². The van der Waals surface area contributed by atoms with Crippen LogP contribution in [0.3, 0.4) is 0 Å². The van der Waals surface area contributed by atoms with Crippen molar-refractivity contribution in [3.63, 3.8) is 0 Å². The van der Waals surface area contributed by atoms with E-state index in [9.17, 15) is 4.39 Å². The van der Waals surface area contributed by atoms with Crippen LogP contribution in [0.1, 0.15) is 0 Å². The molecule has 0 aliphatic rings. The Morgan fingerprint density at radius 1 is 0.524 bits per heavy atom. The van der Waals surface area contributed by atoms with Gasteiger partial charge in [-0.1, -0.05) is 42.5 Å². The molecule has 0 spiro atoms. The maximum Gasteiger partial charge on any atom is 0.123 e. The first-order chi connectivity index (χ1) is 10.3. The van der Waals surface area contributed by atoms with Gasteiger partial charge < -0.3 is 0 Å². The average Bonchev–Trinajstić information content (AvgIpc) is 2.55. The first kappa shape index (κ1) is 13.2. The Labute approximate surface area is 122 Å². The summed E-state index contributed by atoms with van der Waals surface area (Å²) < 4.78 is 12.9. The molecule has 0 saturated carbocycles. The molecule has 3 rings (SSSR count). The van der Waals surface area contributed by atoms with E-state index in [0.29, 0.717) is 0 Å². The Kier molecular flexibility index (Phi) is 3.83. The largest absolute Gasteiger partial charge is 0.207 e. The van der Waals surface area contributed by atoms with Crippen molar-refractivity contribution in [1.82, 2.24) is 0 Å². The number of azo groups is 1. The highest BCUT2D eigenvalue weighted by molar-refractivity contribution is 5.65. The van der Waals surface area contributed by atoms with Crippen molar-refractivity contribution in [2.24, 2.45) is 10.2 Å². The van der Waals surface area contributed by atoms with E-state index in [1.165, 1.54) is 12.1 Å². The Hall–Kier alpha value is -2.81. The van der Waals surface area contributed by atoms with Gasteiger partial charge in [-0.25, -0.2) is 4.39 Å². The van der Waals surface area contributed by atoms with Gasteiger partial charge in [0.2, 0.25) is 0 Å². The van der Waals surface area contributed by atoms with Crippen LogP contribution in [0.15, 0.2) is 89.1 Å². The second-order valence-corrected chi connectivity index (χ2v) is 4.59. The number of halogens is 1. The Morgan fingerprint density at radius 3 is 1.57 bits per heavy atom. The summed E-state index contributed by atoms with van der Waals surface area (Å²) in [6.07, 6.45) is 0. The van der Waals surface area contributed by atoms with Crippen LogP contribution in [0.25, 0.3) is 11.1 Å². The number of benzene rings is 3. The van der Waals surface area contributed by atoms with Gasteiger partial charge in [-0.05, 0) is 47.5 Å². The van der Waals surface area contributed by atoms with Crippen molar-refractivity contribution < 1.29 is 4.39 Å². The standard InChI is InChI=1S/C18H13FN2/c19-16-10-6-14(7-11-16)15-8-12-18(13-9-15)21-20-17-4-2-1-3-5-17/h1-13H. The molecule has 3 heteroatoms. The summed E-state index contributed by atoms with van der Waals surface area (Å²) in [6, 6.07) is 23.7. The van der Waals surface area contributed by atoms with E-state index in [2.05, 4.69) is 10.2 Å². The van der Waals surface area contributed by atoms with Crippen LogP contribution < -0.4 is 0 Å². The molecule has 0 bridgehead atoms. The Bertz CT molecular complexity index is 732. The molecule has 2 nitrogen and oxygen atoms in total. The van der Waals surface area contributed by atoms with Crippen LogP contribution in [0.4, 0.5) is 15.8 Å². The highest BCUT2D eigenvalue weighted by atomic mass is 19.1. The molecule has 3 aromatic rings. The summed E-state index contributed by atoms with van der Waals surface area (Å²) >= 11 is 0. The van der Waals surface area contributed by atoms with Crippen LogP contribution in [0, 0.1) is 5.82 Å². The monoisotopic (exact) mass is 276 g/mol. The third-order valence-corrected chi connectivity index (χ3v) is 3.08. The van der Waals surface area contributed by atoms with Crippen LogP contribution in [0.2, 0.25) is 0 Å². The van der Waals surface area contributed by atoms with E-state index in [-0.39, 0.29) is 5.82 Å². The number of hydrogen-bond donors (Lipinski definition) is 0. The molecule has 0 aliphatic heterocycles. The minimum atomic E-state index is -0.230. The molecule has 0 unspecified atom stereocenters. The molecule has 0 fully saturated rings. The van der Waals surface area contributed by atoms with Crippen LogP contribution in [0.5, 0.6) is 0 Å². The van der Waals surface area contributed by atoms with Gasteiger partial charge in [-0.3, -0.25) is 0 Å². The summed E-state index contributed by atoms with van der Waals surface area (Å²) in [5.41, 5.74) is 3.60. The van der Waals surface area contributed by atoms with Gasteiger partial charge in [0.1, 0.15) is 5.82 Å². The minimum absolute atomic E-state index is 0.230. The number of hydrogen-bond acceptors (Lipinski definition) is 2. The van der Waals surface area contributed by atoms with Crippen molar-refractivity contribution >= 4 is 11.4 Å². The fraction of sp³-hybridized carbons (Fsp3) is 0. The predicted molar refractivity (Wildman–Crippen MR) is 82.5 cm³/mol. The third-order valence-electron chi connectivity index (χ3n) is 3.08. The molecule has 21 heavy (non-hydrogen) atoms. The Balaban J connectivity index is 1.78. The molecular weight excluding hydrogens is 263 g/mol. The summed E-state index contributed by atoms with van der Waals surface area (Å²) in [4.78, 5) is 0. The summed E-state index contributed by atoms with van der Waals surface area (Å²) in [6.45, 7) is 0. The second-order valence-electron chi connectivity index (χ2n) is 4.59. The first-order valence-electron chi connectivity index (χ1n) is 6.64. The smallest absolute Gasteiger partial charge is 0.123 e. The quantitative estimate of drug-likeness (QED) is 0.531. The fourth-order valence-electron chi connectivity index (χ4n) is 1.97. The van der Waals surface area contributed by atoms with Crippen LogP contribution in [-0.2, 0) is 0 Å². The van der Waals surface area contributed by atoms with Crippen LogP contribution in [-0.4, -0.2) is 0 Å². The molecule has 0 saturated heterocycles. The van der Waals surface area contributed by atoms with E-state index >= 15 is 0 Å². The maximum absolute atomic E-state index is 12.9. The van der Waals surface area contributed by atoms with Crippen molar-refractivity contribution in [3.8, 4) is 11.1 Å². The normalized spacial score (nSPS) is 10.9. The van der Waals surface area contributed by atoms with E-state index in [1.54, 1.807) is 12.1 Å². The molecule has 0 heterocycles. The number of rotatable bonds is 3. The summed E-state index contributed by atoms with van der Waals surface area (Å²) in [5, 5.41) is 8.36. The van der Waals surface area contributed by atoms with Gasteiger partial charge in [0.15, 0.2) is 0 Å². The van der Waals surface area contributed by atoms with Gasteiger partial charge in [0.25, 0.3) is 0 Å². The van der Waals surface area contributed by atoms with E-state index in [1.807, 2.05) is 54.6 Å². The van der Waals surface area contributed by atoms with E-state index in [4.69, 9.17) is 0 Å². The summed E-state index contributed by atoms with van der Waals surface area (Å²) in [7, 11) is 0. The van der Waals surface area contributed by atoms with Gasteiger partial charge in [0, 0.05) is 0 Å². The van der Waals surface area contributed by atoms with E-state index < -0.39 is 0 Å². The zero-order valence-electron chi connectivity index (χ0n) is 11.3. The van der Waals surface area contributed by atoms with Crippen molar-refractivity contribution in [1.29, 1.82) is 0 Å². The number of nitrogens with zero attached hydrogens (tertiary/aromatic N) is 2. The van der Waals surface area contributed by atoms with Crippen molar-refractivity contribution in [3.05, 3.63) is 84.7 Å². The summed E-state index contributed by atoms with van der Waals surface area (Å²) in [5.74, 6) is -0.230. The third kappa shape index (κ3) is 3.39. The Morgan fingerprint density at radius 2 is 1.00 bits per heavy atom. The highest BCUT2D eigenvalue weighted by Gasteiger charge is 1.98. The van der Waals surface area contributed by atoms with Gasteiger partial charge >= 0.3 is 0 Å². The average molecular weight is 276 g/mol. The second kappa shape index (κ2) is 6.09. The molecular formula is C18H13FN2. The first-order valence-corrected chi connectivity index (χ1v) is 6.64. The molecule has 0 N–H and O–H groups in total. The lowest BCUT2D eigenvalue weighted by atomic mass is 10.1. The lowest BCUT2D eigenvalue weighted by Crippen LogP contribution is -1.78. The lowest BCUT2D eigenvalue weighted by molar-refractivity contribution is 0.628. The van der Waals surface area contributed by atoms with Crippen molar-refractivity contribution in [2.45, 2.75) is 0 Å². The molecule has 102 valence electrons. The zero-order chi connectivity index (χ0) is 14.5. The molecule has 0 radical (unpaired) electrons. The van der Waals surface area contributed by atoms with Gasteiger partial charge in [-0.15, -0.1) is 0 Å². The van der Waals surface area contributed by atoms with Crippen LogP contribution >= 0.6 is 0 Å². The lowest BCUT2D eigenvalue weighted by Gasteiger charge is -2.01. The SMILES string of the molecule is Fc1ccc(-c2ccc(N=Nc3ccccc3)cc2)cc1. The molecule has 3 aromatic carbocycles. The van der Waals surface area contributed by atoms with Crippen molar-refractivity contribution in [2.75, 3.05) is 0 Å². The zero-order valence-corrected chi connectivity index (χ0v) is 11.3.